The Labute approximate surface area is 158 Å². The zero-order valence-corrected chi connectivity index (χ0v) is 16.3. The van der Waals surface area contributed by atoms with Gasteiger partial charge in [-0.15, -0.1) is 0 Å². The van der Waals surface area contributed by atoms with Crippen molar-refractivity contribution in [2.24, 2.45) is 0 Å². The third-order valence-electron chi connectivity index (χ3n) is 6.12. The molecule has 2 saturated heterocycles. The first-order valence-electron chi connectivity index (χ1n) is 10.2. The van der Waals surface area contributed by atoms with Crippen LogP contribution < -0.4 is 0 Å². The molecular formula is C21H35N3O2. The molecule has 2 heterocycles. The Balaban J connectivity index is 1.57. The first-order chi connectivity index (χ1) is 12.6. The Kier molecular flexibility index (Phi) is 6.92. The molecule has 1 unspecified atom stereocenters. The maximum atomic E-state index is 9.57. The summed E-state index contributed by atoms with van der Waals surface area (Å²) in [7, 11) is 0. The predicted molar refractivity (Wildman–Crippen MR) is 105 cm³/mol. The van der Waals surface area contributed by atoms with Crippen molar-refractivity contribution in [3.8, 4) is 5.75 Å². The van der Waals surface area contributed by atoms with Gasteiger partial charge in [-0.25, -0.2) is 0 Å². The van der Waals surface area contributed by atoms with Gasteiger partial charge in [0.2, 0.25) is 0 Å². The fourth-order valence-corrected chi connectivity index (χ4v) is 4.56. The number of aliphatic hydroxyl groups excluding tert-OH is 1. The van der Waals surface area contributed by atoms with Gasteiger partial charge in [-0.1, -0.05) is 12.1 Å². The molecule has 0 saturated carbocycles. The molecule has 5 heteroatoms. The van der Waals surface area contributed by atoms with Gasteiger partial charge in [0, 0.05) is 50.9 Å². The lowest BCUT2D eigenvalue weighted by atomic mass is 9.97. The van der Waals surface area contributed by atoms with Gasteiger partial charge in [0.15, 0.2) is 0 Å². The van der Waals surface area contributed by atoms with Crippen molar-refractivity contribution in [2.45, 2.75) is 57.8 Å². The number of piperazine rings is 1. The number of nitrogens with zero attached hydrogens (tertiary/aromatic N) is 3. The van der Waals surface area contributed by atoms with E-state index < -0.39 is 0 Å². The largest absolute Gasteiger partial charge is 0.508 e. The SMILES string of the molecule is CC(C)N1CCC(N2CCN(Cc3ccc(O)cc3)CC2CCO)CC1. The Morgan fingerprint density at radius 3 is 2.35 bits per heavy atom. The van der Waals surface area contributed by atoms with Gasteiger partial charge < -0.3 is 15.1 Å². The molecule has 0 spiro atoms. The number of aromatic hydroxyl groups is 1. The second-order valence-corrected chi connectivity index (χ2v) is 8.17. The Morgan fingerprint density at radius 2 is 1.73 bits per heavy atom. The molecular weight excluding hydrogens is 326 g/mol. The number of likely N-dealkylation sites (tertiary alicyclic amines) is 1. The van der Waals surface area contributed by atoms with Crippen molar-refractivity contribution in [3.63, 3.8) is 0 Å². The Bertz CT molecular complexity index is 541. The smallest absolute Gasteiger partial charge is 0.115 e. The fraction of sp³-hybridized carbons (Fsp3) is 0.714. The highest BCUT2D eigenvalue weighted by Crippen LogP contribution is 2.25. The number of rotatable bonds is 6. The maximum Gasteiger partial charge on any atom is 0.115 e. The summed E-state index contributed by atoms with van der Waals surface area (Å²) in [6.45, 7) is 11.3. The topological polar surface area (TPSA) is 50.2 Å². The van der Waals surface area contributed by atoms with Crippen LogP contribution in [0, 0.1) is 0 Å². The Hall–Kier alpha value is -1.14. The molecule has 5 nitrogen and oxygen atoms in total. The number of aliphatic hydroxyl groups is 1. The molecule has 0 amide bonds. The second kappa shape index (κ2) is 9.18. The third kappa shape index (κ3) is 4.97. The van der Waals surface area contributed by atoms with Crippen molar-refractivity contribution in [1.29, 1.82) is 0 Å². The van der Waals surface area contributed by atoms with Crippen LogP contribution in [0.4, 0.5) is 0 Å². The zero-order chi connectivity index (χ0) is 18.5. The van der Waals surface area contributed by atoms with E-state index in [-0.39, 0.29) is 6.61 Å². The molecule has 1 aromatic carbocycles. The predicted octanol–water partition coefficient (Wildman–Crippen LogP) is 2.13. The van der Waals surface area contributed by atoms with Crippen LogP contribution in [-0.2, 0) is 6.54 Å². The van der Waals surface area contributed by atoms with E-state index in [4.69, 9.17) is 0 Å². The summed E-state index contributed by atoms with van der Waals surface area (Å²) in [5.41, 5.74) is 1.24. The summed E-state index contributed by atoms with van der Waals surface area (Å²) in [6, 6.07) is 9.29. The van der Waals surface area contributed by atoms with Gasteiger partial charge in [0.05, 0.1) is 0 Å². The van der Waals surface area contributed by atoms with Gasteiger partial charge in [-0.3, -0.25) is 9.80 Å². The van der Waals surface area contributed by atoms with Crippen LogP contribution in [0.15, 0.2) is 24.3 Å². The zero-order valence-electron chi connectivity index (χ0n) is 16.3. The molecule has 2 N–H and O–H groups in total. The first kappa shape index (κ1) is 19.6. The van der Waals surface area contributed by atoms with Gasteiger partial charge in [-0.2, -0.15) is 0 Å². The molecule has 0 aromatic heterocycles. The third-order valence-corrected chi connectivity index (χ3v) is 6.12. The molecule has 1 atom stereocenters. The lowest BCUT2D eigenvalue weighted by Gasteiger charge is -2.48. The van der Waals surface area contributed by atoms with Gasteiger partial charge in [0.1, 0.15) is 5.75 Å². The molecule has 3 rings (SSSR count). The summed E-state index contributed by atoms with van der Waals surface area (Å²) in [5.74, 6) is 0.324. The molecule has 146 valence electrons. The van der Waals surface area contributed by atoms with Crippen molar-refractivity contribution in [3.05, 3.63) is 29.8 Å². The molecule has 26 heavy (non-hydrogen) atoms. The summed E-state index contributed by atoms with van der Waals surface area (Å²) in [5, 5.41) is 19.0. The average molecular weight is 362 g/mol. The van der Waals surface area contributed by atoms with E-state index in [0.29, 0.717) is 23.9 Å². The van der Waals surface area contributed by atoms with Crippen LogP contribution in [0.5, 0.6) is 5.75 Å². The van der Waals surface area contributed by atoms with E-state index in [0.717, 1.165) is 32.6 Å². The van der Waals surface area contributed by atoms with Crippen molar-refractivity contribution in [2.75, 3.05) is 39.3 Å². The van der Waals surface area contributed by atoms with Gasteiger partial charge in [-0.05, 0) is 63.9 Å². The summed E-state index contributed by atoms with van der Waals surface area (Å²) < 4.78 is 0. The summed E-state index contributed by atoms with van der Waals surface area (Å²) in [6.07, 6.45) is 3.35. The van der Waals surface area contributed by atoms with Crippen LogP contribution in [-0.4, -0.2) is 82.4 Å². The van der Waals surface area contributed by atoms with Crippen LogP contribution in [0.2, 0.25) is 0 Å². The second-order valence-electron chi connectivity index (χ2n) is 8.17. The van der Waals surface area contributed by atoms with E-state index in [2.05, 4.69) is 28.5 Å². The van der Waals surface area contributed by atoms with Crippen molar-refractivity contribution >= 4 is 0 Å². The normalized spacial score (nSPS) is 24.4. The van der Waals surface area contributed by atoms with E-state index in [9.17, 15) is 10.2 Å². The lowest BCUT2D eigenvalue weighted by molar-refractivity contribution is -0.0000332. The molecule has 2 fully saturated rings. The fourth-order valence-electron chi connectivity index (χ4n) is 4.56. The maximum absolute atomic E-state index is 9.57. The number of benzene rings is 1. The quantitative estimate of drug-likeness (QED) is 0.813. The van der Waals surface area contributed by atoms with E-state index in [1.807, 2.05) is 12.1 Å². The number of phenolic OH excluding ortho intramolecular Hbond substituents is 1. The minimum Gasteiger partial charge on any atom is -0.508 e. The average Bonchev–Trinajstić information content (AvgIpc) is 2.64. The summed E-state index contributed by atoms with van der Waals surface area (Å²) in [4.78, 5) is 7.76. The molecule has 0 bridgehead atoms. The van der Waals surface area contributed by atoms with E-state index in [1.165, 1.54) is 31.5 Å². The van der Waals surface area contributed by atoms with Crippen LogP contribution in [0.1, 0.15) is 38.7 Å². The highest BCUT2D eigenvalue weighted by atomic mass is 16.3. The first-order valence-corrected chi connectivity index (χ1v) is 10.2. The molecule has 2 aliphatic heterocycles. The highest BCUT2D eigenvalue weighted by Gasteiger charge is 2.33. The van der Waals surface area contributed by atoms with Crippen LogP contribution in [0.25, 0.3) is 0 Å². The number of hydrogen-bond acceptors (Lipinski definition) is 5. The lowest BCUT2D eigenvalue weighted by Crippen LogP contribution is -2.58. The van der Waals surface area contributed by atoms with Gasteiger partial charge >= 0.3 is 0 Å². The van der Waals surface area contributed by atoms with Crippen molar-refractivity contribution < 1.29 is 10.2 Å². The molecule has 0 aliphatic carbocycles. The molecule has 1 aromatic rings. The molecule has 2 aliphatic rings. The van der Waals surface area contributed by atoms with Crippen molar-refractivity contribution in [1.82, 2.24) is 14.7 Å². The Morgan fingerprint density at radius 1 is 1.04 bits per heavy atom. The van der Waals surface area contributed by atoms with Crippen LogP contribution in [0.3, 0.4) is 0 Å². The number of hydrogen-bond donors (Lipinski definition) is 2. The minimum atomic E-state index is 0.263. The van der Waals surface area contributed by atoms with Gasteiger partial charge in [0.25, 0.3) is 0 Å². The highest BCUT2D eigenvalue weighted by molar-refractivity contribution is 5.25. The standard InChI is InChI=1S/C21H35N3O2/c1-17(2)23-10-7-19(8-11-23)24-13-12-22(16-20(24)9-14-25)15-18-3-5-21(26)6-4-18/h3-6,17,19-20,25-26H,7-16H2,1-2H3. The number of phenols is 1. The van der Waals surface area contributed by atoms with E-state index in [1.54, 1.807) is 12.1 Å². The monoisotopic (exact) mass is 361 g/mol. The minimum absolute atomic E-state index is 0.263. The number of piperidine rings is 1. The van der Waals surface area contributed by atoms with Crippen LogP contribution >= 0.6 is 0 Å². The van der Waals surface area contributed by atoms with E-state index >= 15 is 0 Å². The molecule has 0 radical (unpaired) electrons. The summed E-state index contributed by atoms with van der Waals surface area (Å²) >= 11 is 0.